The number of para-hydroxylation sites is 1. The predicted molar refractivity (Wildman–Crippen MR) is 179 cm³/mol. The van der Waals surface area contributed by atoms with Gasteiger partial charge < -0.3 is 18.9 Å². The molecule has 10 heteroatoms. The Balaban J connectivity index is 1.42. The third-order valence-corrected chi connectivity index (χ3v) is 9.79. The van der Waals surface area contributed by atoms with Crippen molar-refractivity contribution in [2.45, 2.75) is 39.3 Å². The van der Waals surface area contributed by atoms with E-state index in [2.05, 4.69) is 0 Å². The maximum absolute atomic E-state index is 14.5. The van der Waals surface area contributed by atoms with E-state index in [1.165, 1.54) is 11.3 Å². The standard InChI is InChI=1S/C36H34N4O5S/c1-4-45-35(43)31-22(2)37-36-40(33(31)32-26-13-6-5-11-23(26)15-16-28(32)44-3)34(42)29(46-36)19-24-20-39(27-14-8-7-12-25(24)27)21-30(41)38-17-9-10-18-38/h5-8,11-16,19-20,33H,4,9-10,17-18,21H2,1-3H3/b29-19+/t33-/m1/s1. The number of allylic oxidation sites excluding steroid dienone is 1. The van der Waals surface area contributed by atoms with E-state index in [1.54, 1.807) is 25.5 Å². The predicted octanol–water partition coefficient (Wildman–Crippen LogP) is 4.54. The van der Waals surface area contributed by atoms with Gasteiger partial charge in [-0.2, -0.15) is 0 Å². The molecule has 1 saturated heterocycles. The van der Waals surface area contributed by atoms with Crippen molar-refractivity contribution < 1.29 is 19.1 Å². The van der Waals surface area contributed by atoms with Gasteiger partial charge in [0.2, 0.25) is 5.91 Å². The second-order valence-electron chi connectivity index (χ2n) is 11.5. The summed E-state index contributed by atoms with van der Waals surface area (Å²) in [5, 5.41) is 2.76. The molecule has 1 amide bonds. The Labute approximate surface area is 269 Å². The van der Waals surface area contributed by atoms with E-state index < -0.39 is 12.0 Å². The third-order valence-electron chi connectivity index (χ3n) is 8.81. The maximum atomic E-state index is 14.5. The highest BCUT2D eigenvalue weighted by molar-refractivity contribution is 7.07. The fraction of sp³-hybridized carbons (Fsp3) is 0.278. The summed E-state index contributed by atoms with van der Waals surface area (Å²) in [6, 6.07) is 18.8. The van der Waals surface area contributed by atoms with Gasteiger partial charge in [-0.25, -0.2) is 9.79 Å². The number of hydrogen-bond donors (Lipinski definition) is 0. The van der Waals surface area contributed by atoms with Crippen molar-refractivity contribution in [1.29, 1.82) is 0 Å². The molecular weight excluding hydrogens is 600 g/mol. The van der Waals surface area contributed by atoms with Crippen molar-refractivity contribution in [2.75, 3.05) is 26.8 Å². The highest BCUT2D eigenvalue weighted by Crippen LogP contribution is 2.40. The van der Waals surface area contributed by atoms with Crippen molar-refractivity contribution >= 4 is 51.0 Å². The molecule has 0 radical (unpaired) electrons. The first-order valence-electron chi connectivity index (χ1n) is 15.5. The van der Waals surface area contributed by atoms with Crippen LogP contribution in [-0.4, -0.2) is 52.7 Å². The topological polar surface area (TPSA) is 95.1 Å². The number of carbonyl (C=O) groups excluding carboxylic acids is 2. The number of aromatic nitrogens is 2. The van der Waals surface area contributed by atoms with Crippen LogP contribution in [0.25, 0.3) is 27.8 Å². The molecule has 2 aliphatic rings. The van der Waals surface area contributed by atoms with E-state index in [9.17, 15) is 14.4 Å². The van der Waals surface area contributed by atoms with Gasteiger partial charge in [0.05, 0.1) is 29.5 Å². The minimum Gasteiger partial charge on any atom is -0.496 e. The van der Waals surface area contributed by atoms with Crippen molar-refractivity contribution in [3.63, 3.8) is 0 Å². The SMILES string of the molecule is CCOC(=O)C1=C(C)N=c2s/c(=C/c3cn(CC(=O)N4CCCC4)c4ccccc34)c(=O)n2[C@H]1c1c(OC)ccc2ccccc12. The number of thiazole rings is 1. The fourth-order valence-electron chi connectivity index (χ4n) is 6.67. The highest BCUT2D eigenvalue weighted by atomic mass is 32.1. The van der Waals surface area contributed by atoms with Gasteiger partial charge >= 0.3 is 5.97 Å². The molecule has 1 atom stereocenters. The molecule has 5 aromatic rings. The van der Waals surface area contributed by atoms with Crippen molar-refractivity contribution in [2.24, 2.45) is 4.99 Å². The number of benzene rings is 3. The van der Waals surface area contributed by atoms with Crippen molar-refractivity contribution in [3.8, 4) is 5.75 Å². The van der Waals surface area contributed by atoms with Crippen LogP contribution >= 0.6 is 11.3 Å². The Morgan fingerprint density at radius 2 is 1.76 bits per heavy atom. The summed E-state index contributed by atoms with van der Waals surface area (Å²) in [5.74, 6) is 0.124. The van der Waals surface area contributed by atoms with E-state index in [0.717, 1.165) is 53.2 Å². The van der Waals surface area contributed by atoms with Crippen LogP contribution in [-0.2, 0) is 20.9 Å². The number of hydrogen-bond acceptors (Lipinski definition) is 7. The number of rotatable bonds is 7. The largest absolute Gasteiger partial charge is 0.496 e. The maximum Gasteiger partial charge on any atom is 0.338 e. The average Bonchev–Trinajstić information content (AvgIpc) is 3.79. The summed E-state index contributed by atoms with van der Waals surface area (Å²) in [6.45, 7) is 5.54. The lowest BCUT2D eigenvalue weighted by Crippen LogP contribution is -2.40. The smallest absolute Gasteiger partial charge is 0.338 e. The van der Waals surface area contributed by atoms with Gasteiger partial charge in [-0.3, -0.25) is 14.2 Å². The summed E-state index contributed by atoms with van der Waals surface area (Å²) < 4.78 is 15.4. The van der Waals surface area contributed by atoms with Gasteiger partial charge in [0.1, 0.15) is 18.3 Å². The fourth-order valence-corrected chi connectivity index (χ4v) is 7.71. The van der Waals surface area contributed by atoms with Crippen LogP contribution in [0.2, 0.25) is 0 Å². The first-order chi connectivity index (χ1) is 22.4. The van der Waals surface area contributed by atoms with Crippen LogP contribution in [0.1, 0.15) is 43.9 Å². The lowest BCUT2D eigenvalue weighted by atomic mass is 9.90. The van der Waals surface area contributed by atoms with Gasteiger partial charge in [-0.15, -0.1) is 0 Å². The molecule has 7 rings (SSSR count). The number of methoxy groups -OCH3 is 1. The number of nitrogens with zero attached hydrogens (tertiary/aromatic N) is 4. The van der Waals surface area contributed by atoms with E-state index in [0.29, 0.717) is 31.9 Å². The van der Waals surface area contributed by atoms with Crippen LogP contribution < -0.4 is 19.6 Å². The molecule has 46 heavy (non-hydrogen) atoms. The first-order valence-corrected chi connectivity index (χ1v) is 16.3. The van der Waals surface area contributed by atoms with Gasteiger partial charge in [0, 0.05) is 41.3 Å². The number of ether oxygens (including phenoxy) is 2. The number of likely N-dealkylation sites (tertiary alicyclic amines) is 1. The molecule has 0 bridgehead atoms. The van der Waals surface area contributed by atoms with Gasteiger partial charge in [0.25, 0.3) is 5.56 Å². The van der Waals surface area contributed by atoms with Gasteiger partial charge in [-0.1, -0.05) is 59.9 Å². The molecule has 2 aliphatic heterocycles. The second-order valence-corrected chi connectivity index (χ2v) is 12.5. The third kappa shape index (κ3) is 5.02. The number of fused-ring (bicyclic) bond motifs is 3. The van der Waals surface area contributed by atoms with Crippen LogP contribution in [0.5, 0.6) is 5.75 Å². The Bertz CT molecular complexity index is 2240. The minimum absolute atomic E-state index is 0.0928. The molecule has 234 valence electrons. The number of esters is 1. The zero-order valence-electron chi connectivity index (χ0n) is 26.0. The van der Waals surface area contributed by atoms with Crippen LogP contribution in [0.4, 0.5) is 0 Å². The molecule has 9 nitrogen and oxygen atoms in total. The lowest BCUT2D eigenvalue weighted by molar-refractivity contribution is -0.139. The van der Waals surface area contributed by atoms with Crippen molar-refractivity contribution in [3.05, 3.63) is 109 Å². The van der Waals surface area contributed by atoms with Crippen LogP contribution in [0.3, 0.4) is 0 Å². The zero-order valence-corrected chi connectivity index (χ0v) is 26.8. The Kier molecular flexibility index (Phi) is 7.82. The highest BCUT2D eigenvalue weighted by Gasteiger charge is 2.36. The summed E-state index contributed by atoms with van der Waals surface area (Å²) in [4.78, 5) is 48.2. The minimum atomic E-state index is -0.821. The molecule has 4 heterocycles. The molecule has 0 saturated carbocycles. The summed E-state index contributed by atoms with van der Waals surface area (Å²) in [6.07, 6.45) is 5.88. The number of amides is 1. The average molecular weight is 635 g/mol. The van der Waals surface area contributed by atoms with Crippen LogP contribution in [0.15, 0.2) is 87.9 Å². The quantitative estimate of drug-likeness (QED) is 0.245. The summed E-state index contributed by atoms with van der Waals surface area (Å²) in [7, 11) is 1.59. The number of carbonyl (C=O) groups is 2. The molecule has 0 aliphatic carbocycles. The normalized spacial score (nSPS) is 16.6. The monoisotopic (exact) mass is 634 g/mol. The van der Waals surface area contributed by atoms with Crippen LogP contribution in [0, 0.1) is 0 Å². The second kappa shape index (κ2) is 12.1. The molecule has 0 unspecified atom stereocenters. The molecule has 0 spiro atoms. The van der Waals surface area contributed by atoms with Gasteiger partial charge in [-0.05, 0) is 55.7 Å². The molecule has 3 aromatic carbocycles. The van der Waals surface area contributed by atoms with E-state index >= 15 is 0 Å². The van der Waals surface area contributed by atoms with Gasteiger partial charge in [0.15, 0.2) is 4.80 Å². The Morgan fingerprint density at radius 1 is 1.02 bits per heavy atom. The van der Waals surface area contributed by atoms with E-state index in [1.807, 2.05) is 82.4 Å². The van der Waals surface area contributed by atoms with E-state index in [4.69, 9.17) is 14.5 Å². The Hall–Kier alpha value is -4.96. The van der Waals surface area contributed by atoms with Crippen molar-refractivity contribution in [1.82, 2.24) is 14.0 Å². The first kappa shape index (κ1) is 29.7. The molecule has 1 fully saturated rings. The Morgan fingerprint density at radius 3 is 2.52 bits per heavy atom. The lowest BCUT2D eigenvalue weighted by Gasteiger charge is -2.27. The zero-order chi connectivity index (χ0) is 31.9. The summed E-state index contributed by atoms with van der Waals surface area (Å²) >= 11 is 1.27. The molecule has 0 N–H and O–H groups in total. The summed E-state index contributed by atoms with van der Waals surface area (Å²) in [5.41, 5.74) is 2.96. The molecular formula is C36H34N4O5S. The van der Waals surface area contributed by atoms with E-state index in [-0.39, 0.29) is 24.6 Å². The molecule has 2 aromatic heterocycles.